The molecule has 0 aromatic heterocycles. The van der Waals surface area contributed by atoms with Crippen molar-refractivity contribution in [1.82, 2.24) is 9.80 Å². The first-order chi connectivity index (χ1) is 31.7. The molecule has 0 saturated heterocycles. The van der Waals surface area contributed by atoms with Crippen molar-refractivity contribution in [1.29, 1.82) is 0 Å². The Morgan fingerprint density at radius 2 is 0.877 bits per heavy atom. The van der Waals surface area contributed by atoms with Crippen LogP contribution in [0.4, 0.5) is 0 Å². The van der Waals surface area contributed by atoms with Crippen molar-refractivity contribution in [3.05, 3.63) is 161 Å². The van der Waals surface area contributed by atoms with Gasteiger partial charge in [0, 0.05) is 24.2 Å². The number of hydrogen-bond donors (Lipinski definition) is 1. The van der Waals surface area contributed by atoms with Gasteiger partial charge in [-0.25, -0.2) is 0 Å². The molecule has 1 N–H and O–H groups in total. The van der Waals surface area contributed by atoms with Crippen LogP contribution in [0.3, 0.4) is 0 Å². The van der Waals surface area contributed by atoms with Crippen molar-refractivity contribution in [2.45, 2.75) is 24.9 Å². The van der Waals surface area contributed by atoms with Gasteiger partial charge in [-0.3, -0.25) is 9.59 Å². The van der Waals surface area contributed by atoms with Crippen LogP contribution in [0.25, 0.3) is 0 Å². The van der Waals surface area contributed by atoms with E-state index in [-0.39, 0.29) is 36.3 Å². The number of phenolic OH excluding ortho intramolecular Hbond substituents is 1. The molecule has 13 heteroatoms. The normalized spacial score (nSPS) is 14.9. The van der Waals surface area contributed by atoms with Gasteiger partial charge in [0.15, 0.2) is 23.0 Å². The van der Waals surface area contributed by atoms with Gasteiger partial charge in [0.05, 0.1) is 54.7 Å². The van der Waals surface area contributed by atoms with Gasteiger partial charge in [-0.2, -0.15) is 0 Å². The molecule has 13 nitrogen and oxygen atoms in total. The highest BCUT2D eigenvalue weighted by molar-refractivity contribution is 5.95. The van der Waals surface area contributed by atoms with Crippen molar-refractivity contribution >= 4 is 11.8 Å². The minimum atomic E-state index is -0.356. The van der Waals surface area contributed by atoms with Gasteiger partial charge in [-0.05, 0) is 138 Å². The Labute approximate surface area is 379 Å². The van der Waals surface area contributed by atoms with Crippen molar-refractivity contribution in [2.75, 3.05) is 69.0 Å². The molecule has 2 unspecified atom stereocenters. The molecule has 0 aliphatic carbocycles. The summed E-state index contributed by atoms with van der Waals surface area (Å²) in [7, 11) is 9.68. The van der Waals surface area contributed by atoms with Gasteiger partial charge < -0.3 is 52.8 Å². The molecule has 6 aromatic rings. The monoisotopic (exact) mass is 882 g/mol. The van der Waals surface area contributed by atoms with Crippen molar-refractivity contribution in [2.24, 2.45) is 0 Å². The van der Waals surface area contributed by atoms with Crippen LogP contribution < -0.4 is 37.9 Å². The molecule has 0 fully saturated rings. The molecule has 0 spiro atoms. The fourth-order valence-corrected chi connectivity index (χ4v) is 8.15. The standard InChI is InChI=1S/C26H27NO6.C26H27NO5/c1-30-20-7-9-21(10-8-20)33-16-23-22-15-25(32-3)24(31-2)14-17(22)11-12-27(23)26(29)18-5-4-6-19(28)13-18;1-29-20-9-11-21(12-10-20)32-17-23-22-16-25(31-3)24(30-2)15-19(22)13-14-27(23)26(28)18-7-5-4-6-8-18/h4-10,13-15,23,28H,11-12,16H2,1-3H3;4-12,15-16,23H,13-14,17H2,1-3H3. The summed E-state index contributed by atoms with van der Waals surface area (Å²) in [6.07, 6.45) is 1.40. The molecular formula is C52H54N2O11. The average molecular weight is 883 g/mol. The van der Waals surface area contributed by atoms with E-state index >= 15 is 0 Å². The third kappa shape index (κ3) is 10.5. The summed E-state index contributed by atoms with van der Waals surface area (Å²) in [5.41, 5.74) is 5.24. The first kappa shape index (κ1) is 45.5. The zero-order chi connectivity index (χ0) is 45.9. The Bertz CT molecular complexity index is 2550. The van der Waals surface area contributed by atoms with Crippen molar-refractivity contribution < 1.29 is 52.6 Å². The number of rotatable bonds is 14. The molecule has 0 radical (unpaired) electrons. The largest absolute Gasteiger partial charge is 0.508 e. The number of ether oxygens (including phenoxy) is 8. The number of carbonyl (C=O) groups is 2. The molecule has 8 rings (SSSR count). The summed E-state index contributed by atoms with van der Waals surface area (Å²) in [6.45, 7) is 1.66. The van der Waals surface area contributed by atoms with E-state index in [1.165, 1.54) is 6.07 Å². The van der Waals surface area contributed by atoms with Crippen LogP contribution in [0.1, 0.15) is 55.1 Å². The highest BCUT2D eigenvalue weighted by atomic mass is 16.5. The summed E-state index contributed by atoms with van der Waals surface area (Å²) in [5, 5.41) is 9.87. The lowest BCUT2D eigenvalue weighted by Crippen LogP contribution is -2.42. The molecular weight excluding hydrogens is 829 g/mol. The molecule has 2 atom stereocenters. The Kier molecular flexibility index (Phi) is 14.8. The number of benzene rings is 6. The minimum Gasteiger partial charge on any atom is -0.508 e. The van der Waals surface area contributed by atoms with Gasteiger partial charge in [0.2, 0.25) is 0 Å². The summed E-state index contributed by atoms with van der Waals surface area (Å²) in [5.74, 6) is 5.31. The van der Waals surface area contributed by atoms with Crippen molar-refractivity contribution in [3.63, 3.8) is 0 Å². The van der Waals surface area contributed by atoms with Crippen LogP contribution in [0, 0.1) is 0 Å². The average Bonchev–Trinajstić information content (AvgIpc) is 3.36. The van der Waals surface area contributed by atoms with Crippen LogP contribution in [0.5, 0.6) is 51.7 Å². The Hall–Kier alpha value is -7.54. The fourth-order valence-electron chi connectivity index (χ4n) is 8.15. The van der Waals surface area contributed by atoms with E-state index in [1.54, 1.807) is 65.8 Å². The first-order valence-corrected chi connectivity index (χ1v) is 21.2. The highest BCUT2D eigenvalue weighted by Crippen LogP contribution is 2.41. The molecule has 2 aliphatic heterocycles. The number of hydrogen-bond acceptors (Lipinski definition) is 11. The summed E-state index contributed by atoms with van der Waals surface area (Å²) < 4.78 is 44.7. The summed E-state index contributed by atoms with van der Waals surface area (Å²) in [6, 6.07) is 37.7. The Morgan fingerprint density at radius 3 is 1.29 bits per heavy atom. The number of amides is 2. The van der Waals surface area contributed by atoms with E-state index in [2.05, 4.69) is 0 Å². The van der Waals surface area contributed by atoms with Crippen LogP contribution >= 0.6 is 0 Å². The Morgan fingerprint density at radius 1 is 0.477 bits per heavy atom. The van der Waals surface area contributed by atoms with Gasteiger partial charge in [0.25, 0.3) is 11.8 Å². The van der Waals surface area contributed by atoms with E-state index in [1.807, 2.05) is 108 Å². The maximum Gasteiger partial charge on any atom is 0.254 e. The van der Waals surface area contributed by atoms with Gasteiger partial charge >= 0.3 is 0 Å². The van der Waals surface area contributed by atoms with Crippen LogP contribution in [-0.4, -0.2) is 95.7 Å². The zero-order valence-electron chi connectivity index (χ0n) is 37.4. The molecule has 0 bridgehead atoms. The van der Waals surface area contributed by atoms with Crippen LogP contribution in [-0.2, 0) is 12.8 Å². The number of nitrogens with zero attached hydrogens (tertiary/aromatic N) is 2. The second-order valence-electron chi connectivity index (χ2n) is 15.2. The topological polar surface area (TPSA) is 135 Å². The first-order valence-electron chi connectivity index (χ1n) is 21.2. The lowest BCUT2D eigenvalue weighted by Gasteiger charge is -2.37. The molecule has 338 valence electrons. The van der Waals surface area contributed by atoms with E-state index in [9.17, 15) is 14.7 Å². The fraction of sp³-hybridized carbons (Fsp3) is 0.269. The predicted octanol–water partition coefficient (Wildman–Crippen LogP) is 8.77. The maximum absolute atomic E-state index is 13.4. The number of fused-ring (bicyclic) bond motifs is 2. The second-order valence-corrected chi connectivity index (χ2v) is 15.2. The molecule has 2 amide bonds. The number of methoxy groups -OCH3 is 6. The molecule has 0 saturated carbocycles. The number of aromatic hydroxyl groups is 1. The highest BCUT2D eigenvalue weighted by Gasteiger charge is 2.35. The van der Waals surface area contributed by atoms with Gasteiger partial charge in [-0.15, -0.1) is 0 Å². The lowest BCUT2D eigenvalue weighted by molar-refractivity contribution is 0.0583. The molecule has 6 aromatic carbocycles. The van der Waals surface area contributed by atoms with E-state index in [0.717, 1.165) is 40.2 Å². The predicted molar refractivity (Wildman–Crippen MR) is 246 cm³/mol. The Balaban J connectivity index is 0.000000194. The third-order valence-corrected chi connectivity index (χ3v) is 11.6. The molecule has 2 heterocycles. The minimum absolute atomic E-state index is 0.0191. The molecule has 2 aliphatic rings. The second kappa shape index (κ2) is 21.2. The van der Waals surface area contributed by atoms with E-state index in [4.69, 9.17) is 37.9 Å². The van der Waals surface area contributed by atoms with Crippen molar-refractivity contribution in [3.8, 4) is 51.7 Å². The summed E-state index contributed by atoms with van der Waals surface area (Å²) in [4.78, 5) is 30.5. The number of carbonyl (C=O) groups excluding carboxylic acids is 2. The maximum atomic E-state index is 13.4. The quantitative estimate of drug-likeness (QED) is 0.113. The van der Waals surface area contributed by atoms with Gasteiger partial charge in [-0.1, -0.05) is 24.3 Å². The number of phenols is 1. The van der Waals surface area contributed by atoms with Crippen LogP contribution in [0.2, 0.25) is 0 Å². The zero-order valence-corrected chi connectivity index (χ0v) is 37.4. The SMILES string of the molecule is COc1ccc(OCC2c3cc(OC)c(OC)cc3CCN2C(=O)c2cccc(O)c2)cc1.COc1ccc(OCC2c3cc(OC)c(OC)cc3CCN2C(=O)c2ccccc2)cc1. The van der Waals surface area contributed by atoms with E-state index in [0.29, 0.717) is 71.7 Å². The smallest absolute Gasteiger partial charge is 0.254 e. The third-order valence-electron chi connectivity index (χ3n) is 11.6. The van der Waals surface area contributed by atoms with E-state index < -0.39 is 0 Å². The van der Waals surface area contributed by atoms with Crippen LogP contribution in [0.15, 0.2) is 127 Å². The van der Waals surface area contributed by atoms with Gasteiger partial charge in [0.1, 0.15) is 42.0 Å². The summed E-state index contributed by atoms with van der Waals surface area (Å²) >= 11 is 0. The lowest BCUT2D eigenvalue weighted by atomic mass is 9.91. The molecule has 65 heavy (non-hydrogen) atoms.